The molecule has 4 aliphatic rings. The van der Waals surface area contributed by atoms with Gasteiger partial charge in [0.2, 0.25) is 0 Å². The number of β-lactam (4-membered cyclic amide) rings is 1. The van der Waals surface area contributed by atoms with E-state index in [0.29, 0.717) is 30.3 Å². The van der Waals surface area contributed by atoms with Crippen LogP contribution in [0, 0.1) is 5.41 Å². The van der Waals surface area contributed by atoms with Gasteiger partial charge in [0.05, 0.1) is 30.8 Å². The number of nitrogen functional groups attached to an aromatic ring is 1. The van der Waals surface area contributed by atoms with E-state index >= 15 is 0 Å². The minimum absolute atomic E-state index is 0.0181. The smallest absolute Gasteiger partial charge is 0.276 e. The van der Waals surface area contributed by atoms with Crippen molar-refractivity contribution in [2.75, 3.05) is 43.1 Å². The zero-order valence-corrected chi connectivity index (χ0v) is 28.9. The second-order valence-corrected chi connectivity index (χ2v) is 15.3. The second-order valence-electron chi connectivity index (χ2n) is 11.6. The van der Waals surface area contributed by atoms with E-state index < -0.39 is 29.2 Å². The third-order valence-corrected chi connectivity index (χ3v) is 12.0. The Morgan fingerprint density at radius 3 is 2.79 bits per heavy atom. The van der Waals surface area contributed by atoms with Crippen molar-refractivity contribution in [2.24, 2.45) is 5.16 Å². The first kappa shape index (κ1) is 32.4. The first-order chi connectivity index (χ1) is 23.1. The van der Waals surface area contributed by atoms with Crippen molar-refractivity contribution < 1.29 is 29.0 Å². The summed E-state index contributed by atoms with van der Waals surface area (Å²) in [5.74, 6) is -0.886. The maximum Gasteiger partial charge on any atom is 0.276 e. The zero-order valence-electron chi connectivity index (χ0n) is 25.7. The fourth-order valence-corrected chi connectivity index (χ4v) is 9.58. The van der Waals surface area contributed by atoms with Crippen molar-refractivity contribution >= 4 is 86.3 Å². The summed E-state index contributed by atoms with van der Waals surface area (Å²) < 4.78 is 4.19. The molecule has 19 heteroatoms. The lowest BCUT2D eigenvalue weighted by atomic mass is 10.0. The minimum Gasteiger partial charge on any atom is -0.543 e. The predicted octanol–water partition coefficient (Wildman–Crippen LogP) is 0.425. The SMILES string of the molecule is CO/N=C(\C(=O)N[C@@H]1C(=O)N2C(C(=O)[O-])=C(C[n+]3ccc4n3CCN4Cc3cc(C(=N)N4CCCC4)cs3)CS[C@H]12)c1nc(N)sc1Cl. The van der Waals surface area contributed by atoms with Gasteiger partial charge < -0.3 is 35.6 Å². The molecule has 4 aliphatic heterocycles. The van der Waals surface area contributed by atoms with Gasteiger partial charge in [0.1, 0.15) is 34.4 Å². The third-order valence-electron chi connectivity index (χ3n) is 8.68. The van der Waals surface area contributed by atoms with Gasteiger partial charge in [0.25, 0.3) is 11.8 Å². The number of nitrogens with zero attached hydrogens (tertiary/aromatic N) is 7. The van der Waals surface area contributed by atoms with E-state index in [9.17, 15) is 19.5 Å². The molecule has 2 amide bonds. The highest BCUT2D eigenvalue weighted by Gasteiger charge is 2.53. The van der Waals surface area contributed by atoms with Crippen molar-refractivity contribution in [3.63, 3.8) is 0 Å². The first-order valence-electron chi connectivity index (χ1n) is 15.1. The maximum atomic E-state index is 13.3. The molecule has 252 valence electrons. The molecular formula is C29H31ClN10O5S3. The highest BCUT2D eigenvalue weighted by atomic mass is 35.5. The number of carboxylic acids is 1. The Hall–Kier alpha value is -4.13. The monoisotopic (exact) mass is 730 g/mol. The summed E-state index contributed by atoms with van der Waals surface area (Å²) in [7, 11) is 1.25. The summed E-state index contributed by atoms with van der Waals surface area (Å²) in [5, 5.41) is 28.9. The van der Waals surface area contributed by atoms with Crippen LogP contribution < -0.4 is 25.7 Å². The molecule has 7 rings (SSSR count). The summed E-state index contributed by atoms with van der Waals surface area (Å²) in [4.78, 5) is 54.5. The lowest BCUT2D eigenvalue weighted by Crippen LogP contribution is -2.71. The number of hydrogen-bond donors (Lipinski definition) is 3. The molecule has 0 saturated carbocycles. The van der Waals surface area contributed by atoms with E-state index in [0.717, 1.165) is 55.2 Å². The number of amidine groups is 1. The molecule has 2 fully saturated rings. The lowest BCUT2D eigenvalue weighted by molar-refractivity contribution is -0.766. The number of carbonyl (C=O) groups excluding carboxylic acids is 3. The van der Waals surface area contributed by atoms with Gasteiger partial charge in [-0.3, -0.25) is 19.9 Å². The Labute approximate surface area is 292 Å². The fraction of sp³-hybridized carbons (Fsp3) is 0.414. The van der Waals surface area contributed by atoms with Gasteiger partial charge in [-0.25, -0.2) is 4.98 Å². The standard InChI is InChI=1S/C29H31ClN10O5S3/c1-45-35-20(19-23(30)48-29(32)34-19)25(41)33-21-26(42)40-22(28(43)44)16(14-47-27(21)40)11-38-7-4-18-37(8-9-39(18)38)12-17-10-15(13-46-17)24(31)36-5-2-3-6-36/h4,7,10,13,21,27,31H,2-3,5-6,8-9,11-12,14H2,1H3,(H3-,32,33,34,41,43,44)/b31-24?,35-20-/t21-,27-/m1/s1. The molecule has 3 aromatic rings. The van der Waals surface area contributed by atoms with Crippen LogP contribution >= 0.6 is 46.0 Å². The molecule has 0 aromatic carbocycles. The largest absolute Gasteiger partial charge is 0.543 e. The number of oxime groups is 1. The molecule has 15 nitrogen and oxygen atoms in total. The molecular weight excluding hydrogens is 700 g/mol. The van der Waals surface area contributed by atoms with Crippen LogP contribution in [0.15, 0.2) is 40.1 Å². The summed E-state index contributed by atoms with van der Waals surface area (Å²) in [5.41, 5.74) is 6.78. The van der Waals surface area contributed by atoms with Crippen LogP contribution in [0.2, 0.25) is 4.34 Å². The number of amides is 2. The quantitative estimate of drug-likeness (QED) is 0.0868. The van der Waals surface area contributed by atoms with Gasteiger partial charge >= 0.3 is 0 Å². The number of halogens is 1. The average Bonchev–Trinajstić information content (AvgIpc) is 3.90. The maximum absolute atomic E-state index is 13.3. The van der Waals surface area contributed by atoms with Crippen molar-refractivity contribution in [1.82, 2.24) is 24.8 Å². The zero-order chi connectivity index (χ0) is 33.7. The van der Waals surface area contributed by atoms with Crippen molar-refractivity contribution in [3.8, 4) is 0 Å². The van der Waals surface area contributed by atoms with Crippen LogP contribution in [0.5, 0.6) is 0 Å². The molecule has 48 heavy (non-hydrogen) atoms. The van der Waals surface area contributed by atoms with E-state index in [1.165, 1.54) is 28.6 Å². The lowest BCUT2D eigenvalue weighted by Gasteiger charge is -2.50. The number of nitrogens with two attached hydrogens (primary N) is 1. The van der Waals surface area contributed by atoms with Gasteiger partial charge in [-0.1, -0.05) is 28.1 Å². The van der Waals surface area contributed by atoms with Crippen molar-refractivity contribution in [2.45, 2.75) is 43.9 Å². The third kappa shape index (κ3) is 5.79. The highest BCUT2D eigenvalue weighted by molar-refractivity contribution is 8.00. The van der Waals surface area contributed by atoms with Gasteiger partial charge in [0.15, 0.2) is 29.4 Å². The van der Waals surface area contributed by atoms with Crippen LogP contribution in [-0.2, 0) is 38.9 Å². The topological polar surface area (TPSA) is 189 Å². The molecule has 2 atom stereocenters. The minimum atomic E-state index is -1.46. The number of fused-ring (bicyclic) bond motifs is 2. The molecule has 0 aliphatic carbocycles. The van der Waals surface area contributed by atoms with Crippen LogP contribution in [0.25, 0.3) is 0 Å². The van der Waals surface area contributed by atoms with E-state index in [4.69, 9.17) is 27.6 Å². The normalized spacial score (nSPS) is 20.6. The van der Waals surface area contributed by atoms with Gasteiger partial charge in [-0.15, -0.1) is 32.5 Å². The summed E-state index contributed by atoms with van der Waals surface area (Å²) >= 11 is 10.1. The van der Waals surface area contributed by atoms with Crippen molar-refractivity contribution in [1.29, 1.82) is 5.41 Å². The fourth-order valence-electron chi connectivity index (χ4n) is 6.43. The Kier molecular flexibility index (Phi) is 8.82. The van der Waals surface area contributed by atoms with Gasteiger partial charge in [-0.05, 0) is 18.9 Å². The number of anilines is 2. The number of carboxylic acid groups (broad SMARTS) is 1. The molecule has 2 saturated heterocycles. The molecule has 0 spiro atoms. The van der Waals surface area contributed by atoms with Crippen LogP contribution in [0.4, 0.5) is 10.9 Å². The van der Waals surface area contributed by atoms with Crippen LogP contribution in [0.1, 0.15) is 29.0 Å². The Morgan fingerprint density at radius 1 is 1.29 bits per heavy atom. The van der Waals surface area contributed by atoms with Gasteiger partial charge in [0, 0.05) is 46.8 Å². The number of aliphatic carboxylic acids is 1. The first-order valence-corrected chi connectivity index (χ1v) is 18.2. The second kappa shape index (κ2) is 13.1. The summed E-state index contributed by atoms with van der Waals surface area (Å²) in [6, 6.07) is 3.10. The number of thioether (sulfide) groups is 1. The number of thiazole rings is 1. The molecule has 0 bridgehead atoms. The Balaban J connectivity index is 1.04. The van der Waals surface area contributed by atoms with Crippen molar-refractivity contribution in [3.05, 3.63) is 55.5 Å². The number of rotatable bonds is 10. The molecule has 4 N–H and O–H groups in total. The number of likely N-dealkylation sites (tertiary alicyclic amines) is 1. The van der Waals surface area contributed by atoms with E-state index in [1.54, 1.807) is 11.3 Å². The molecule has 0 unspecified atom stereocenters. The number of carbonyl (C=O) groups is 3. The molecule has 3 aromatic heterocycles. The number of thiophene rings is 1. The van der Waals surface area contributed by atoms with Crippen LogP contribution in [-0.4, -0.2) is 92.7 Å². The highest BCUT2D eigenvalue weighted by Crippen LogP contribution is 2.40. The van der Waals surface area contributed by atoms with Crippen LogP contribution in [0.3, 0.4) is 0 Å². The van der Waals surface area contributed by atoms with E-state index in [1.807, 2.05) is 16.9 Å². The number of hydrogen-bond acceptors (Lipinski definition) is 13. The molecule has 7 heterocycles. The summed E-state index contributed by atoms with van der Waals surface area (Å²) in [6.45, 7) is 4.34. The predicted molar refractivity (Wildman–Crippen MR) is 180 cm³/mol. The number of nitrogens with one attached hydrogen (secondary N) is 2. The van der Waals surface area contributed by atoms with Gasteiger partial charge in [-0.2, -0.15) is 0 Å². The van der Waals surface area contributed by atoms with E-state index in [-0.39, 0.29) is 33.1 Å². The Bertz CT molecular complexity index is 1880. The Morgan fingerprint density at radius 2 is 2.08 bits per heavy atom. The van der Waals surface area contributed by atoms with E-state index in [2.05, 4.69) is 41.4 Å². The summed E-state index contributed by atoms with van der Waals surface area (Å²) in [6.07, 6.45) is 4.17. The average molecular weight is 731 g/mol. The number of aromatic nitrogens is 3. The molecule has 0 radical (unpaired) electrons.